The van der Waals surface area contributed by atoms with Gasteiger partial charge in [0.05, 0.1) is 11.9 Å². The van der Waals surface area contributed by atoms with Gasteiger partial charge in [0, 0.05) is 6.04 Å². The summed E-state index contributed by atoms with van der Waals surface area (Å²) in [7, 11) is -3.48. The Kier molecular flexibility index (Phi) is 5.35. The van der Waals surface area contributed by atoms with Gasteiger partial charge < -0.3 is 5.32 Å². The topological polar surface area (TPSA) is 66.5 Å². The summed E-state index contributed by atoms with van der Waals surface area (Å²) in [6.45, 7) is 3.63. The molecule has 0 spiro atoms. The molecule has 19 heavy (non-hydrogen) atoms. The number of benzene rings is 1. The highest BCUT2D eigenvalue weighted by Crippen LogP contribution is 2.16. The first-order valence-corrected chi connectivity index (χ1v) is 8.01. The molecule has 1 amide bonds. The zero-order valence-electron chi connectivity index (χ0n) is 11.5. The Bertz CT molecular complexity index is 514. The summed E-state index contributed by atoms with van der Waals surface area (Å²) in [5.41, 5.74) is 0.490. The number of carbonyl (C=O) groups is 1. The Hall–Kier alpha value is -1.56. The molecule has 0 saturated heterocycles. The van der Waals surface area contributed by atoms with Gasteiger partial charge in [0.2, 0.25) is 15.9 Å². The second-order valence-corrected chi connectivity index (χ2v) is 6.39. The molecule has 1 aromatic rings. The van der Waals surface area contributed by atoms with E-state index in [0.717, 1.165) is 17.0 Å². The second kappa shape index (κ2) is 6.56. The molecule has 5 nitrogen and oxygen atoms in total. The minimum absolute atomic E-state index is 0.0321. The van der Waals surface area contributed by atoms with Crippen molar-refractivity contribution in [1.82, 2.24) is 5.32 Å². The standard InChI is InChI=1S/C13H20N2O3S/c1-4-11(2)14-13(16)10-15(19(3,17)18)12-8-6-5-7-9-12/h5-9,11H,4,10H2,1-3H3,(H,14,16). The van der Waals surface area contributed by atoms with Crippen LogP contribution >= 0.6 is 0 Å². The third-order valence-electron chi connectivity index (χ3n) is 2.75. The minimum atomic E-state index is -3.48. The molecule has 0 aliphatic rings. The van der Waals surface area contributed by atoms with Crippen LogP contribution in [0, 0.1) is 0 Å². The number of rotatable bonds is 6. The summed E-state index contributed by atoms with van der Waals surface area (Å²) in [6.07, 6.45) is 1.90. The highest BCUT2D eigenvalue weighted by atomic mass is 32.2. The van der Waals surface area contributed by atoms with Gasteiger partial charge in [-0.15, -0.1) is 0 Å². The van der Waals surface area contributed by atoms with Gasteiger partial charge in [-0.05, 0) is 25.5 Å². The Morgan fingerprint density at radius 3 is 2.37 bits per heavy atom. The number of hydrogen-bond acceptors (Lipinski definition) is 3. The van der Waals surface area contributed by atoms with Crippen molar-refractivity contribution >= 4 is 21.6 Å². The summed E-state index contributed by atoms with van der Waals surface area (Å²) >= 11 is 0. The monoisotopic (exact) mass is 284 g/mol. The molecule has 0 fully saturated rings. The molecular weight excluding hydrogens is 264 g/mol. The van der Waals surface area contributed by atoms with Crippen LogP contribution in [0.25, 0.3) is 0 Å². The molecule has 0 aromatic heterocycles. The van der Waals surface area contributed by atoms with E-state index in [1.165, 1.54) is 0 Å². The van der Waals surface area contributed by atoms with Crippen LogP contribution in [0.1, 0.15) is 20.3 Å². The molecule has 6 heteroatoms. The van der Waals surface area contributed by atoms with Crippen LogP contribution in [0.15, 0.2) is 30.3 Å². The predicted octanol–water partition coefficient (Wildman–Crippen LogP) is 1.37. The van der Waals surface area contributed by atoms with Gasteiger partial charge in [0.1, 0.15) is 6.54 Å². The van der Waals surface area contributed by atoms with Crippen LogP contribution < -0.4 is 9.62 Å². The molecule has 0 radical (unpaired) electrons. The molecule has 0 aliphatic heterocycles. The molecule has 0 bridgehead atoms. The van der Waals surface area contributed by atoms with Gasteiger partial charge in [0.15, 0.2) is 0 Å². The van der Waals surface area contributed by atoms with E-state index in [4.69, 9.17) is 0 Å². The maximum Gasteiger partial charge on any atom is 0.240 e. The average Bonchev–Trinajstić information content (AvgIpc) is 2.35. The number of hydrogen-bond donors (Lipinski definition) is 1. The van der Waals surface area contributed by atoms with Gasteiger partial charge in [-0.3, -0.25) is 9.10 Å². The Labute approximate surface area is 114 Å². The van der Waals surface area contributed by atoms with Gasteiger partial charge in [-0.2, -0.15) is 0 Å². The predicted molar refractivity (Wildman–Crippen MR) is 76.5 cm³/mol. The first-order chi connectivity index (χ1) is 8.84. The van der Waals surface area contributed by atoms with Crippen molar-refractivity contribution in [3.05, 3.63) is 30.3 Å². The summed E-state index contributed by atoms with van der Waals surface area (Å²) in [4.78, 5) is 11.8. The number of anilines is 1. The number of amides is 1. The van der Waals surface area contributed by atoms with Crippen LogP contribution in [-0.4, -0.2) is 33.2 Å². The fourth-order valence-corrected chi connectivity index (χ4v) is 2.40. The largest absolute Gasteiger partial charge is 0.352 e. The Morgan fingerprint density at radius 2 is 1.89 bits per heavy atom. The van der Waals surface area contributed by atoms with E-state index in [1.54, 1.807) is 30.3 Å². The van der Waals surface area contributed by atoms with Crippen molar-refractivity contribution in [2.45, 2.75) is 26.3 Å². The highest BCUT2D eigenvalue weighted by molar-refractivity contribution is 7.92. The fourth-order valence-electron chi connectivity index (χ4n) is 1.55. The maximum atomic E-state index is 11.8. The summed E-state index contributed by atoms with van der Waals surface area (Å²) in [6, 6.07) is 8.63. The number of nitrogens with one attached hydrogen (secondary N) is 1. The van der Waals surface area contributed by atoms with Crippen molar-refractivity contribution in [1.29, 1.82) is 0 Å². The number of para-hydroxylation sites is 1. The molecule has 106 valence electrons. The molecule has 1 aromatic carbocycles. The summed E-state index contributed by atoms with van der Waals surface area (Å²) in [5.74, 6) is -0.302. The first-order valence-electron chi connectivity index (χ1n) is 6.16. The molecule has 1 atom stereocenters. The lowest BCUT2D eigenvalue weighted by molar-refractivity contribution is -0.120. The van der Waals surface area contributed by atoms with E-state index < -0.39 is 10.0 Å². The molecule has 0 aliphatic carbocycles. The zero-order chi connectivity index (χ0) is 14.5. The van der Waals surface area contributed by atoms with E-state index in [0.29, 0.717) is 5.69 Å². The molecule has 1 unspecified atom stereocenters. The lowest BCUT2D eigenvalue weighted by atomic mass is 10.2. The highest BCUT2D eigenvalue weighted by Gasteiger charge is 2.20. The fraction of sp³-hybridized carbons (Fsp3) is 0.462. The lowest BCUT2D eigenvalue weighted by Gasteiger charge is -2.22. The van der Waals surface area contributed by atoms with Crippen LogP contribution in [0.5, 0.6) is 0 Å². The normalized spacial score (nSPS) is 12.8. The summed E-state index contributed by atoms with van der Waals surface area (Å²) in [5, 5.41) is 2.76. The van der Waals surface area contributed by atoms with Gasteiger partial charge in [-0.25, -0.2) is 8.42 Å². The summed E-state index contributed by atoms with van der Waals surface area (Å²) < 4.78 is 24.6. The third kappa shape index (κ3) is 4.90. The Morgan fingerprint density at radius 1 is 1.32 bits per heavy atom. The van der Waals surface area contributed by atoms with Crippen LogP contribution in [0.2, 0.25) is 0 Å². The van der Waals surface area contributed by atoms with Crippen molar-refractivity contribution in [3.8, 4) is 0 Å². The van der Waals surface area contributed by atoms with E-state index in [2.05, 4.69) is 5.32 Å². The van der Waals surface area contributed by atoms with E-state index in [1.807, 2.05) is 13.8 Å². The van der Waals surface area contributed by atoms with Crippen molar-refractivity contribution in [2.75, 3.05) is 17.1 Å². The smallest absolute Gasteiger partial charge is 0.240 e. The van der Waals surface area contributed by atoms with Gasteiger partial charge >= 0.3 is 0 Å². The average molecular weight is 284 g/mol. The van der Waals surface area contributed by atoms with Crippen LogP contribution in [0.4, 0.5) is 5.69 Å². The molecule has 1 N–H and O–H groups in total. The van der Waals surface area contributed by atoms with E-state index >= 15 is 0 Å². The van der Waals surface area contributed by atoms with Crippen molar-refractivity contribution in [3.63, 3.8) is 0 Å². The van der Waals surface area contributed by atoms with Crippen molar-refractivity contribution in [2.24, 2.45) is 0 Å². The molecule has 1 rings (SSSR count). The van der Waals surface area contributed by atoms with E-state index in [-0.39, 0.29) is 18.5 Å². The Balaban J connectivity index is 2.87. The molecule has 0 saturated carbocycles. The second-order valence-electron chi connectivity index (χ2n) is 4.48. The first kappa shape index (κ1) is 15.5. The molecular formula is C13H20N2O3S. The van der Waals surface area contributed by atoms with Gasteiger partial charge in [-0.1, -0.05) is 25.1 Å². The number of nitrogens with zero attached hydrogens (tertiary/aromatic N) is 1. The quantitative estimate of drug-likeness (QED) is 0.858. The lowest BCUT2D eigenvalue weighted by Crippen LogP contribution is -2.43. The minimum Gasteiger partial charge on any atom is -0.352 e. The van der Waals surface area contributed by atoms with Gasteiger partial charge in [0.25, 0.3) is 0 Å². The SMILES string of the molecule is CCC(C)NC(=O)CN(c1ccccc1)S(C)(=O)=O. The van der Waals surface area contributed by atoms with Crippen molar-refractivity contribution < 1.29 is 13.2 Å². The number of carbonyl (C=O) groups excluding carboxylic acids is 1. The number of sulfonamides is 1. The third-order valence-corrected chi connectivity index (χ3v) is 3.89. The maximum absolute atomic E-state index is 11.8. The van der Waals surface area contributed by atoms with E-state index in [9.17, 15) is 13.2 Å². The van der Waals surface area contributed by atoms with Crippen LogP contribution in [-0.2, 0) is 14.8 Å². The molecule has 0 heterocycles. The van der Waals surface area contributed by atoms with Crippen LogP contribution in [0.3, 0.4) is 0 Å². The zero-order valence-corrected chi connectivity index (χ0v) is 12.3.